The van der Waals surface area contributed by atoms with Gasteiger partial charge in [-0.25, -0.2) is 0 Å². The zero-order valence-corrected chi connectivity index (χ0v) is 16.5. The SMILES string of the molecule is CN(C(=O)Cc1ccc(NC(=O)c2cc3ccccc3o2)cc1)C1CCNCC1. The molecule has 0 atom stereocenters. The van der Waals surface area contributed by atoms with Crippen molar-refractivity contribution in [3.05, 3.63) is 65.9 Å². The van der Waals surface area contributed by atoms with Crippen LogP contribution in [0.4, 0.5) is 5.69 Å². The number of amides is 2. The summed E-state index contributed by atoms with van der Waals surface area (Å²) in [6.45, 7) is 1.92. The minimum absolute atomic E-state index is 0.121. The first-order valence-corrected chi connectivity index (χ1v) is 9.95. The molecule has 4 rings (SSSR count). The maximum Gasteiger partial charge on any atom is 0.291 e. The van der Waals surface area contributed by atoms with E-state index in [9.17, 15) is 9.59 Å². The number of anilines is 1. The number of furan rings is 1. The van der Waals surface area contributed by atoms with Crippen LogP contribution in [0.15, 0.2) is 59.0 Å². The van der Waals surface area contributed by atoms with Crippen molar-refractivity contribution in [3.8, 4) is 0 Å². The molecule has 0 spiro atoms. The molecule has 1 aliphatic heterocycles. The second-order valence-corrected chi connectivity index (χ2v) is 7.46. The number of carbonyl (C=O) groups excluding carboxylic acids is 2. The van der Waals surface area contributed by atoms with E-state index in [2.05, 4.69) is 10.6 Å². The van der Waals surface area contributed by atoms with Gasteiger partial charge in [0.15, 0.2) is 5.76 Å². The quantitative estimate of drug-likeness (QED) is 0.699. The number of nitrogens with zero attached hydrogens (tertiary/aromatic N) is 1. The van der Waals surface area contributed by atoms with Gasteiger partial charge in [-0.1, -0.05) is 30.3 Å². The highest BCUT2D eigenvalue weighted by atomic mass is 16.3. The van der Waals surface area contributed by atoms with E-state index in [0.717, 1.165) is 36.9 Å². The molecule has 6 nitrogen and oxygen atoms in total. The van der Waals surface area contributed by atoms with Crippen LogP contribution < -0.4 is 10.6 Å². The standard InChI is InChI=1S/C23H25N3O3/c1-26(19-10-12-24-13-11-19)22(27)14-16-6-8-18(9-7-16)25-23(28)21-15-17-4-2-3-5-20(17)29-21/h2-9,15,19,24H,10-14H2,1H3,(H,25,28). The van der Waals surface area contributed by atoms with Crippen LogP contribution in [0.1, 0.15) is 29.0 Å². The van der Waals surface area contributed by atoms with Crippen molar-refractivity contribution >= 4 is 28.5 Å². The molecule has 0 radical (unpaired) electrons. The number of fused-ring (bicyclic) bond motifs is 1. The molecule has 2 heterocycles. The number of rotatable bonds is 5. The van der Waals surface area contributed by atoms with E-state index in [-0.39, 0.29) is 17.6 Å². The Morgan fingerprint density at radius 2 is 1.83 bits per heavy atom. The molecular weight excluding hydrogens is 366 g/mol. The van der Waals surface area contributed by atoms with Crippen molar-refractivity contribution in [2.75, 3.05) is 25.5 Å². The van der Waals surface area contributed by atoms with Gasteiger partial charge in [0.2, 0.25) is 5.91 Å². The van der Waals surface area contributed by atoms with E-state index in [1.807, 2.05) is 60.5 Å². The summed E-state index contributed by atoms with van der Waals surface area (Å²) in [5.41, 5.74) is 2.28. The Morgan fingerprint density at radius 3 is 2.55 bits per heavy atom. The summed E-state index contributed by atoms with van der Waals surface area (Å²) < 4.78 is 5.60. The predicted molar refractivity (Wildman–Crippen MR) is 113 cm³/mol. The van der Waals surface area contributed by atoms with Crippen molar-refractivity contribution in [2.45, 2.75) is 25.3 Å². The molecule has 2 aromatic carbocycles. The lowest BCUT2D eigenvalue weighted by Crippen LogP contribution is -2.44. The van der Waals surface area contributed by atoms with Gasteiger partial charge in [-0.05, 0) is 55.8 Å². The highest BCUT2D eigenvalue weighted by Crippen LogP contribution is 2.20. The fraction of sp³-hybridized carbons (Fsp3) is 0.304. The normalized spacial score (nSPS) is 14.7. The highest BCUT2D eigenvalue weighted by molar-refractivity contribution is 6.04. The first-order chi connectivity index (χ1) is 14.1. The Hall–Kier alpha value is -3.12. The Bertz CT molecular complexity index is 971. The zero-order chi connectivity index (χ0) is 20.2. The van der Waals surface area contributed by atoms with Crippen molar-refractivity contribution in [2.24, 2.45) is 0 Å². The molecule has 6 heteroatoms. The second kappa shape index (κ2) is 8.49. The van der Waals surface area contributed by atoms with Gasteiger partial charge in [0.05, 0.1) is 6.42 Å². The number of piperidine rings is 1. The molecule has 0 unspecified atom stereocenters. The summed E-state index contributed by atoms with van der Waals surface area (Å²) in [5.74, 6) is 0.0979. The smallest absolute Gasteiger partial charge is 0.291 e. The molecule has 3 aromatic rings. The third-order valence-corrected chi connectivity index (χ3v) is 5.47. The number of para-hydroxylation sites is 1. The van der Waals surface area contributed by atoms with E-state index < -0.39 is 0 Å². The van der Waals surface area contributed by atoms with Gasteiger partial charge in [0.1, 0.15) is 5.58 Å². The maximum atomic E-state index is 12.6. The van der Waals surface area contributed by atoms with Crippen molar-refractivity contribution in [1.29, 1.82) is 0 Å². The van der Waals surface area contributed by atoms with E-state index in [0.29, 0.717) is 23.7 Å². The molecule has 1 saturated heterocycles. The summed E-state index contributed by atoms with van der Waals surface area (Å²) >= 11 is 0. The van der Waals surface area contributed by atoms with Crippen LogP contribution in [-0.4, -0.2) is 42.9 Å². The molecule has 1 aromatic heterocycles. The molecule has 0 saturated carbocycles. The predicted octanol–water partition coefficient (Wildman–Crippen LogP) is 3.44. The van der Waals surface area contributed by atoms with Crippen molar-refractivity contribution in [1.82, 2.24) is 10.2 Å². The molecule has 1 aliphatic rings. The largest absolute Gasteiger partial charge is 0.451 e. The number of benzene rings is 2. The summed E-state index contributed by atoms with van der Waals surface area (Å²) in [4.78, 5) is 26.9. The van der Waals surface area contributed by atoms with Crippen molar-refractivity contribution in [3.63, 3.8) is 0 Å². The Labute approximate surface area is 169 Å². The molecule has 0 bridgehead atoms. The summed E-state index contributed by atoms with van der Waals surface area (Å²) in [6, 6.07) is 16.9. The zero-order valence-electron chi connectivity index (χ0n) is 16.5. The highest BCUT2D eigenvalue weighted by Gasteiger charge is 2.21. The Kier molecular flexibility index (Phi) is 5.62. The van der Waals surface area contributed by atoms with E-state index in [1.54, 1.807) is 6.07 Å². The lowest BCUT2D eigenvalue weighted by Gasteiger charge is -2.31. The van der Waals surface area contributed by atoms with E-state index in [4.69, 9.17) is 4.42 Å². The van der Waals surface area contributed by atoms with Gasteiger partial charge in [-0.3, -0.25) is 9.59 Å². The van der Waals surface area contributed by atoms with Gasteiger partial charge >= 0.3 is 0 Å². The average molecular weight is 391 g/mol. The van der Waals surface area contributed by atoms with Gasteiger partial charge in [0.25, 0.3) is 5.91 Å². The Balaban J connectivity index is 1.36. The van der Waals surface area contributed by atoms with Crippen LogP contribution >= 0.6 is 0 Å². The first-order valence-electron chi connectivity index (χ1n) is 9.95. The van der Waals surface area contributed by atoms with Crippen LogP contribution in [0.2, 0.25) is 0 Å². The summed E-state index contributed by atoms with van der Waals surface area (Å²) in [6.07, 6.45) is 2.35. The average Bonchev–Trinajstić information content (AvgIpc) is 3.20. The van der Waals surface area contributed by atoms with Gasteiger partial charge in [0, 0.05) is 24.2 Å². The minimum Gasteiger partial charge on any atom is -0.451 e. The van der Waals surface area contributed by atoms with Crippen LogP contribution in [-0.2, 0) is 11.2 Å². The molecule has 0 aliphatic carbocycles. The molecule has 1 fully saturated rings. The molecular formula is C23H25N3O3. The molecule has 2 N–H and O–H groups in total. The maximum absolute atomic E-state index is 12.6. The van der Waals surface area contributed by atoms with E-state index >= 15 is 0 Å². The first kappa shape index (κ1) is 19.2. The number of hydrogen-bond donors (Lipinski definition) is 2. The Morgan fingerprint density at radius 1 is 1.10 bits per heavy atom. The molecule has 2 amide bonds. The number of hydrogen-bond acceptors (Lipinski definition) is 4. The topological polar surface area (TPSA) is 74.6 Å². The molecule has 150 valence electrons. The fourth-order valence-corrected chi connectivity index (χ4v) is 3.69. The van der Waals surface area contributed by atoms with Crippen LogP contribution in [0.3, 0.4) is 0 Å². The lowest BCUT2D eigenvalue weighted by atomic mass is 10.0. The van der Waals surface area contributed by atoms with Gasteiger partial charge in [-0.15, -0.1) is 0 Å². The number of likely N-dealkylation sites (N-methyl/N-ethyl adjacent to an activating group) is 1. The second-order valence-electron chi connectivity index (χ2n) is 7.46. The van der Waals surface area contributed by atoms with Crippen LogP contribution in [0.25, 0.3) is 11.0 Å². The van der Waals surface area contributed by atoms with Crippen LogP contribution in [0, 0.1) is 0 Å². The third-order valence-electron chi connectivity index (χ3n) is 5.47. The third kappa shape index (κ3) is 4.49. The van der Waals surface area contributed by atoms with Crippen molar-refractivity contribution < 1.29 is 14.0 Å². The van der Waals surface area contributed by atoms with Crippen LogP contribution in [0.5, 0.6) is 0 Å². The number of nitrogens with one attached hydrogen (secondary N) is 2. The number of carbonyl (C=O) groups is 2. The van der Waals surface area contributed by atoms with Gasteiger partial charge in [-0.2, -0.15) is 0 Å². The summed E-state index contributed by atoms with van der Waals surface area (Å²) in [5, 5.41) is 7.05. The van der Waals surface area contributed by atoms with Gasteiger partial charge < -0.3 is 20.0 Å². The fourth-order valence-electron chi connectivity index (χ4n) is 3.69. The molecule has 29 heavy (non-hydrogen) atoms. The monoisotopic (exact) mass is 391 g/mol. The minimum atomic E-state index is -0.296. The van der Waals surface area contributed by atoms with E-state index in [1.165, 1.54) is 0 Å². The lowest BCUT2D eigenvalue weighted by molar-refractivity contribution is -0.131. The summed E-state index contributed by atoms with van der Waals surface area (Å²) in [7, 11) is 1.89.